The standard InChI is InChI=1S/C12H15N.C2H6.H2/c1-3-4-5-12-8-11(9-13)7-6-10(12)2;1-2;/h3-8H,1,9,13H2,2H3;1-2H3;1H/b5-4-;;. The molecule has 0 heterocycles. The quantitative estimate of drug-likeness (QED) is 0.743. The lowest BCUT2D eigenvalue weighted by atomic mass is 10.0. The highest BCUT2D eigenvalue weighted by Crippen LogP contribution is 2.12. The smallest absolute Gasteiger partial charge is 0.0178 e. The Kier molecular flexibility index (Phi) is 7.29. The van der Waals surface area contributed by atoms with Crippen LogP contribution in [0.4, 0.5) is 0 Å². The van der Waals surface area contributed by atoms with Crippen molar-refractivity contribution in [3.8, 4) is 0 Å². The predicted octanol–water partition coefficient (Wildman–Crippen LogP) is 3.93. The lowest BCUT2D eigenvalue weighted by molar-refractivity contribution is 1.07. The molecule has 0 saturated carbocycles. The lowest BCUT2D eigenvalue weighted by Gasteiger charge is -2.02. The molecule has 0 saturated heterocycles. The number of allylic oxidation sites excluding steroid dienone is 2. The first-order valence-electron chi connectivity index (χ1n) is 5.36. The monoisotopic (exact) mass is 205 g/mol. The van der Waals surface area contributed by atoms with E-state index in [4.69, 9.17) is 5.73 Å². The Morgan fingerprint density at radius 2 is 2.07 bits per heavy atom. The van der Waals surface area contributed by atoms with E-state index in [0.717, 1.165) is 5.56 Å². The van der Waals surface area contributed by atoms with Gasteiger partial charge in [-0.2, -0.15) is 0 Å². The van der Waals surface area contributed by atoms with Gasteiger partial charge in [-0.05, 0) is 23.6 Å². The van der Waals surface area contributed by atoms with E-state index in [-0.39, 0.29) is 1.43 Å². The van der Waals surface area contributed by atoms with E-state index in [9.17, 15) is 0 Å². The SMILES string of the molecule is C=C/C=C\c1cc(CN)ccc1C.CC.[HH]. The van der Waals surface area contributed by atoms with Crippen molar-refractivity contribution in [3.63, 3.8) is 0 Å². The van der Waals surface area contributed by atoms with Crippen LogP contribution in [-0.2, 0) is 6.54 Å². The minimum Gasteiger partial charge on any atom is -0.326 e. The average molecular weight is 205 g/mol. The zero-order chi connectivity index (χ0) is 11.7. The molecular formula is C14H23N. The molecule has 1 aromatic carbocycles. The van der Waals surface area contributed by atoms with E-state index in [0.29, 0.717) is 6.54 Å². The summed E-state index contributed by atoms with van der Waals surface area (Å²) in [5.74, 6) is 0. The van der Waals surface area contributed by atoms with Crippen molar-refractivity contribution in [2.24, 2.45) is 5.73 Å². The zero-order valence-electron chi connectivity index (χ0n) is 9.96. The maximum absolute atomic E-state index is 5.55. The summed E-state index contributed by atoms with van der Waals surface area (Å²) in [6.07, 6.45) is 5.75. The largest absolute Gasteiger partial charge is 0.326 e. The van der Waals surface area contributed by atoms with E-state index in [2.05, 4.69) is 31.7 Å². The Morgan fingerprint density at radius 1 is 1.40 bits per heavy atom. The summed E-state index contributed by atoms with van der Waals surface area (Å²) in [6.45, 7) is 10.3. The van der Waals surface area contributed by atoms with Crippen molar-refractivity contribution in [2.45, 2.75) is 27.3 Å². The third-order valence-corrected chi connectivity index (χ3v) is 1.99. The van der Waals surface area contributed by atoms with Crippen molar-refractivity contribution < 1.29 is 1.43 Å². The van der Waals surface area contributed by atoms with Gasteiger partial charge in [-0.25, -0.2) is 0 Å². The van der Waals surface area contributed by atoms with Crippen molar-refractivity contribution >= 4 is 6.08 Å². The molecule has 1 rings (SSSR count). The molecule has 15 heavy (non-hydrogen) atoms. The molecule has 0 aliphatic carbocycles. The molecule has 1 nitrogen and oxygen atoms in total. The third-order valence-electron chi connectivity index (χ3n) is 1.99. The van der Waals surface area contributed by atoms with Gasteiger partial charge < -0.3 is 5.73 Å². The maximum atomic E-state index is 5.55. The summed E-state index contributed by atoms with van der Waals surface area (Å²) in [7, 11) is 0. The van der Waals surface area contributed by atoms with Crippen LogP contribution < -0.4 is 5.73 Å². The van der Waals surface area contributed by atoms with E-state index in [1.807, 2.05) is 26.0 Å². The van der Waals surface area contributed by atoms with E-state index < -0.39 is 0 Å². The fourth-order valence-corrected chi connectivity index (χ4v) is 1.17. The molecule has 0 atom stereocenters. The molecular weight excluding hydrogens is 182 g/mol. The van der Waals surface area contributed by atoms with Crippen LogP contribution in [0.3, 0.4) is 0 Å². The van der Waals surface area contributed by atoms with Gasteiger partial charge in [-0.15, -0.1) is 0 Å². The predicted molar refractivity (Wildman–Crippen MR) is 71.8 cm³/mol. The van der Waals surface area contributed by atoms with Crippen molar-refractivity contribution in [2.75, 3.05) is 0 Å². The molecule has 0 amide bonds. The van der Waals surface area contributed by atoms with Gasteiger partial charge in [0.1, 0.15) is 0 Å². The molecule has 0 aromatic heterocycles. The summed E-state index contributed by atoms with van der Waals surface area (Å²) in [5, 5.41) is 0. The first-order valence-corrected chi connectivity index (χ1v) is 5.36. The van der Waals surface area contributed by atoms with Crippen LogP contribution in [0.2, 0.25) is 0 Å². The highest BCUT2D eigenvalue weighted by molar-refractivity contribution is 5.55. The van der Waals surface area contributed by atoms with Gasteiger partial charge in [0.25, 0.3) is 0 Å². The number of nitrogens with two attached hydrogens (primary N) is 1. The van der Waals surface area contributed by atoms with E-state index in [1.165, 1.54) is 11.1 Å². The highest BCUT2D eigenvalue weighted by atomic mass is 14.5. The molecule has 0 bridgehead atoms. The van der Waals surface area contributed by atoms with Gasteiger partial charge in [0.15, 0.2) is 0 Å². The van der Waals surface area contributed by atoms with Gasteiger partial charge >= 0.3 is 0 Å². The molecule has 84 valence electrons. The third kappa shape index (κ3) is 4.61. The Bertz CT molecular complexity index is 330. The fraction of sp³-hybridized carbons (Fsp3) is 0.286. The Labute approximate surface area is 94.8 Å². The second kappa shape index (κ2) is 8.01. The first-order chi connectivity index (χ1) is 7.27. The molecule has 2 N–H and O–H groups in total. The van der Waals surface area contributed by atoms with Crippen molar-refractivity contribution in [3.05, 3.63) is 53.6 Å². The molecule has 0 aliphatic rings. The minimum atomic E-state index is 0. The first kappa shape index (κ1) is 13.7. The van der Waals surface area contributed by atoms with E-state index >= 15 is 0 Å². The Morgan fingerprint density at radius 3 is 2.60 bits per heavy atom. The zero-order valence-corrected chi connectivity index (χ0v) is 9.96. The van der Waals surface area contributed by atoms with Gasteiger partial charge in [-0.3, -0.25) is 0 Å². The second-order valence-electron chi connectivity index (χ2n) is 2.99. The molecule has 1 aromatic rings. The summed E-state index contributed by atoms with van der Waals surface area (Å²) >= 11 is 0. The van der Waals surface area contributed by atoms with Gasteiger partial charge in [-0.1, -0.05) is 56.9 Å². The average Bonchev–Trinajstić information content (AvgIpc) is 2.31. The van der Waals surface area contributed by atoms with Crippen molar-refractivity contribution in [1.29, 1.82) is 0 Å². The Balaban J connectivity index is 0. The van der Waals surface area contributed by atoms with Gasteiger partial charge in [0, 0.05) is 7.97 Å². The van der Waals surface area contributed by atoms with Gasteiger partial charge in [0.2, 0.25) is 0 Å². The van der Waals surface area contributed by atoms with Crippen LogP contribution in [0.25, 0.3) is 6.08 Å². The van der Waals surface area contributed by atoms with Crippen LogP contribution in [0.5, 0.6) is 0 Å². The summed E-state index contributed by atoms with van der Waals surface area (Å²) < 4.78 is 0. The molecule has 0 aliphatic heterocycles. The number of benzene rings is 1. The molecule has 1 heteroatoms. The number of aryl methyl sites for hydroxylation is 1. The minimum absolute atomic E-state index is 0. The van der Waals surface area contributed by atoms with Crippen LogP contribution >= 0.6 is 0 Å². The highest BCUT2D eigenvalue weighted by Gasteiger charge is 1.95. The summed E-state index contributed by atoms with van der Waals surface area (Å²) in [6, 6.07) is 6.25. The van der Waals surface area contributed by atoms with Crippen LogP contribution in [0.1, 0.15) is 32.0 Å². The lowest BCUT2D eigenvalue weighted by Crippen LogP contribution is -1.96. The number of hydrogen-bond donors (Lipinski definition) is 1. The molecule has 0 spiro atoms. The number of hydrogen-bond acceptors (Lipinski definition) is 1. The summed E-state index contributed by atoms with van der Waals surface area (Å²) in [4.78, 5) is 0. The summed E-state index contributed by atoms with van der Waals surface area (Å²) in [5.41, 5.74) is 9.19. The number of rotatable bonds is 3. The topological polar surface area (TPSA) is 26.0 Å². The van der Waals surface area contributed by atoms with Crippen LogP contribution in [0, 0.1) is 6.92 Å². The van der Waals surface area contributed by atoms with E-state index in [1.54, 1.807) is 6.08 Å². The normalized spacial score (nSPS) is 9.60. The molecule has 0 fully saturated rings. The van der Waals surface area contributed by atoms with Crippen LogP contribution in [0.15, 0.2) is 36.9 Å². The fourth-order valence-electron chi connectivity index (χ4n) is 1.17. The molecule has 0 unspecified atom stereocenters. The van der Waals surface area contributed by atoms with Crippen molar-refractivity contribution in [1.82, 2.24) is 0 Å². The Hall–Kier alpha value is -1.34. The maximum Gasteiger partial charge on any atom is 0.0178 e. The molecule has 0 radical (unpaired) electrons. The van der Waals surface area contributed by atoms with Gasteiger partial charge in [0.05, 0.1) is 0 Å². The second-order valence-corrected chi connectivity index (χ2v) is 2.99. The van der Waals surface area contributed by atoms with Crippen LogP contribution in [-0.4, -0.2) is 0 Å².